The Bertz CT molecular complexity index is 883. The molecule has 0 saturated carbocycles. The van der Waals surface area contributed by atoms with E-state index >= 15 is 0 Å². The van der Waals surface area contributed by atoms with E-state index in [1.807, 2.05) is 0 Å². The number of hydrogen-bond acceptors (Lipinski definition) is 4. The summed E-state index contributed by atoms with van der Waals surface area (Å²) in [5.74, 6) is -0.156. The molecule has 2 N–H and O–H groups in total. The van der Waals surface area contributed by atoms with E-state index in [9.17, 15) is 9.90 Å². The van der Waals surface area contributed by atoms with Crippen molar-refractivity contribution >= 4 is 28.4 Å². The van der Waals surface area contributed by atoms with E-state index in [1.54, 1.807) is 43.5 Å². The highest BCUT2D eigenvalue weighted by atomic mass is 35.5. The van der Waals surface area contributed by atoms with E-state index in [1.165, 1.54) is 12.4 Å². The summed E-state index contributed by atoms with van der Waals surface area (Å²) in [4.78, 5) is 20.5. The zero-order chi connectivity index (χ0) is 16.4. The van der Waals surface area contributed by atoms with Crippen LogP contribution in [0, 0.1) is 0 Å². The van der Waals surface area contributed by atoms with Gasteiger partial charge in [0.05, 0.1) is 11.6 Å². The molecule has 0 radical (unpaired) electrons. The van der Waals surface area contributed by atoms with Crippen molar-refractivity contribution in [2.24, 2.45) is 0 Å². The summed E-state index contributed by atoms with van der Waals surface area (Å²) in [6.45, 7) is 1.79. The van der Waals surface area contributed by atoms with Crippen LogP contribution in [0.1, 0.15) is 28.9 Å². The van der Waals surface area contributed by atoms with Crippen LogP contribution >= 0.6 is 11.6 Å². The molecule has 1 heterocycles. The predicted octanol–water partition coefficient (Wildman–Crippen LogP) is 3.48. The Balaban J connectivity index is 1.83. The molecule has 1 amide bonds. The fraction of sp³-hybridized carbons (Fsp3) is 0.118. The van der Waals surface area contributed by atoms with Gasteiger partial charge in [0.25, 0.3) is 5.91 Å². The number of carbonyl (C=O) groups excluding carboxylic acids is 1. The first-order valence-corrected chi connectivity index (χ1v) is 7.41. The Hall–Kier alpha value is -2.66. The molecule has 6 heteroatoms. The number of fused-ring (bicyclic) bond motifs is 1. The van der Waals surface area contributed by atoms with Crippen molar-refractivity contribution in [1.29, 1.82) is 0 Å². The summed E-state index contributed by atoms with van der Waals surface area (Å²) in [6, 6.07) is 9.56. The highest BCUT2D eigenvalue weighted by Gasteiger charge is 2.15. The van der Waals surface area contributed by atoms with Crippen molar-refractivity contribution in [2.75, 3.05) is 0 Å². The number of phenols is 1. The van der Waals surface area contributed by atoms with Crippen molar-refractivity contribution in [2.45, 2.75) is 13.0 Å². The largest absolute Gasteiger partial charge is 0.508 e. The molecule has 0 aliphatic rings. The van der Waals surface area contributed by atoms with Crippen molar-refractivity contribution in [3.63, 3.8) is 0 Å². The maximum absolute atomic E-state index is 12.4. The second-order valence-corrected chi connectivity index (χ2v) is 5.63. The molecule has 3 rings (SSSR count). The number of nitrogens with one attached hydrogen (secondary N) is 1. The number of halogens is 1. The van der Waals surface area contributed by atoms with Crippen molar-refractivity contribution in [3.05, 3.63) is 65.1 Å². The summed E-state index contributed by atoms with van der Waals surface area (Å²) in [6.07, 6.45) is 3.12. The predicted molar refractivity (Wildman–Crippen MR) is 88.5 cm³/mol. The third kappa shape index (κ3) is 3.24. The molecule has 5 nitrogen and oxygen atoms in total. The molecule has 1 unspecified atom stereocenters. The van der Waals surface area contributed by atoms with Gasteiger partial charge in [-0.05, 0) is 43.3 Å². The fourth-order valence-electron chi connectivity index (χ4n) is 2.36. The monoisotopic (exact) mass is 327 g/mol. The van der Waals surface area contributed by atoms with Crippen LogP contribution in [0.25, 0.3) is 10.9 Å². The number of benzene rings is 2. The Kier molecular flexibility index (Phi) is 4.12. The highest BCUT2D eigenvalue weighted by molar-refractivity contribution is 6.30. The fourth-order valence-corrected chi connectivity index (χ4v) is 2.54. The lowest BCUT2D eigenvalue weighted by atomic mass is 10.1. The van der Waals surface area contributed by atoms with Gasteiger partial charge in [-0.25, -0.2) is 9.97 Å². The molecule has 0 spiro atoms. The van der Waals surface area contributed by atoms with E-state index in [-0.39, 0.29) is 17.7 Å². The molecule has 1 aromatic heterocycles. The SMILES string of the molecule is CC(NC(=O)c1ccc2ncncc2c1)c1cc(Cl)ccc1O. The zero-order valence-electron chi connectivity index (χ0n) is 12.3. The summed E-state index contributed by atoms with van der Waals surface area (Å²) in [5, 5.41) is 14.0. The lowest BCUT2D eigenvalue weighted by molar-refractivity contribution is 0.0939. The van der Waals surface area contributed by atoms with Crippen LogP contribution < -0.4 is 5.32 Å². The Morgan fingerprint density at radius 3 is 2.91 bits per heavy atom. The van der Waals surface area contributed by atoms with Crippen LogP contribution in [0.4, 0.5) is 0 Å². The van der Waals surface area contributed by atoms with Gasteiger partial charge in [0.15, 0.2) is 0 Å². The third-order valence-corrected chi connectivity index (χ3v) is 3.81. The van der Waals surface area contributed by atoms with E-state index in [4.69, 9.17) is 11.6 Å². The molecule has 0 aliphatic carbocycles. The molecular weight excluding hydrogens is 314 g/mol. The van der Waals surface area contributed by atoms with Gasteiger partial charge in [0, 0.05) is 27.7 Å². The smallest absolute Gasteiger partial charge is 0.251 e. The maximum Gasteiger partial charge on any atom is 0.251 e. The number of amides is 1. The number of nitrogens with zero attached hydrogens (tertiary/aromatic N) is 2. The first kappa shape index (κ1) is 15.2. The maximum atomic E-state index is 12.4. The van der Waals surface area contributed by atoms with Gasteiger partial charge in [-0.2, -0.15) is 0 Å². The van der Waals surface area contributed by atoms with Gasteiger partial charge in [-0.1, -0.05) is 11.6 Å². The van der Waals surface area contributed by atoms with Gasteiger partial charge >= 0.3 is 0 Å². The van der Waals surface area contributed by atoms with Gasteiger partial charge in [-0.3, -0.25) is 4.79 Å². The minimum absolute atomic E-state index is 0.0918. The first-order chi connectivity index (χ1) is 11.0. The van der Waals surface area contributed by atoms with Crippen LogP contribution in [0.15, 0.2) is 48.9 Å². The molecule has 3 aromatic rings. The molecule has 1 atom stereocenters. The lowest BCUT2D eigenvalue weighted by Crippen LogP contribution is -2.26. The van der Waals surface area contributed by atoms with Gasteiger partial charge < -0.3 is 10.4 Å². The van der Waals surface area contributed by atoms with Gasteiger partial charge in [-0.15, -0.1) is 0 Å². The molecule has 23 heavy (non-hydrogen) atoms. The normalized spacial score (nSPS) is 12.1. The number of phenolic OH excluding ortho intramolecular Hbond substituents is 1. The Morgan fingerprint density at radius 1 is 1.26 bits per heavy atom. The minimum Gasteiger partial charge on any atom is -0.508 e. The quantitative estimate of drug-likeness (QED) is 0.772. The number of carbonyl (C=O) groups is 1. The molecule has 0 fully saturated rings. The number of rotatable bonds is 3. The molecule has 116 valence electrons. The lowest BCUT2D eigenvalue weighted by Gasteiger charge is -2.16. The molecule has 0 aliphatic heterocycles. The first-order valence-electron chi connectivity index (χ1n) is 7.03. The Morgan fingerprint density at radius 2 is 2.09 bits per heavy atom. The van der Waals surface area contributed by atoms with E-state index in [0.717, 1.165) is 10.9 Å². The second kappa shape index (κ2) is 6.22. The van der Waals surface area contributed by atoms with Gasteiger partial charge in [0.1, 0.15) is 12.1 Å². The molecule has 0 saturated heterocycles. The standard InChI is InChI=1S/C17H14ClN3O2/c1-10(14-7-13(18)3-5-16(14)22)21-17(23)11-2-4-15-12(6-11)8-19-9-20-15/h2-10,22H,1H3,(H,21,23). The number of aromatic hydroxyl groups is 1. The average molecular weight is 328 g/mol. The van der Waals surface area contributed by atoms with Gasteiger partial charge in [0.2, 0.25) is 0 Å². The summed E-state index contributed by atoms with van der Waals surface area (Å²) >= 11 is 5.94. The molecule has 2 aromatic carbocycles. The van der Waals surface area contributed by atoms with Crippen molar-refractivity contribution in [1.82, 2.24) is 15.3 Å². The summed E-state index contributed by atoms with van der Waals surface area (Å²) in [7, 11) is 0. The number of aromatic nitrogens is 2. The molecule has 0 bridgehead atoms. The van der Waals surface area contributed by atoms with Crippen LogP contribution in [-0.2, 0) is 0 Å². The minimum atomic E-state index is -0.385. The van der Waals surface area contributed by atoms with Crippen LogP contribution in [0.2, 0.25) is 5.02 Å². The average Bonchev–Trinajstić information content (AvgIpc) is 2.56. The van der Waals surface area contributed by atoms with Crippen molar-refractivity contribution in [3.8, 4) is 5.75 Å². The van der Waals surface area contributed by atoms with Crippen LogP contribution in [0.3, 0.4) is 0 Å². The summed E-state index contributed by atoms with van der Waals surface area (Å²) < 4.78 is 0. The van der Waals surface area contributed by atoms with E-state index in [0.29, 0.717) is 16.1 Å². The summed E-state index contributed by atoms with van der Waals surface area (Å²) in [5.41, 5.74) is 1.84. The third-order valence-electron chi connectivity index (χ3n) is 3.57. The Labute approximate surface area is 138 Å². The van der Waals surface area contributed by atoms with E-state index < -0.39 is 0 Å². The molecular formula is C17H14ClN3O2. The van der Waals surface area contributed by atoms with Crippen LogP contribution in [-0.4, -0.2) is 21.0 Å². The number of hydrogen-bond donors (Lipinski definition) is 2. The van der Waals surface area contributed by atoms with E-state index in [2.05, 4.69) is 15.3 Å². The van der Waals surface area contributed by atoms with Crippen LogP contribution in [0.5, 0.6) is 5.75 Å². The topological polar surface area (TPSA) is 75.1 Å². The second-order valence-electron chi connectivity index (χ2n) is 5.19. The van der Waals surface area contributed by atoms with Crippen molar-refractivity contribution < 1.29 is 9.90 Å². The highest BCUT2D eigenvalue weighted by Crippen LogP contribution is 2.27. The zero-order valence-corrected chi connectivity index (χ0v) is 13.1.